The zero-order chi connectivity index (χ0) is 14.8. The fourth-order valence-electron chi connectivity index (χ4n) is 1.59. The SMILES string of the molecule is CNS(=O)(=O)c1cc(N)ccc1Oc1cccc(Br)c1. The fourth-order valence-corrected chi connectivity index (χ4v) is 2.85. The van der Waals surface area contributed by atoms with Gasteiger partial charge in [-0.3, -0.25) is 0 Å². The number of hydrogen-bond donors (Lipinski definition) is 2. The molecule has 0 spiro atoms. The first-order valence-electron chi connectivity index (χ1n) is 5.69. The van der Waals surface area contributed by atoms with Crippen molar-refractivity contribution >= 4 is 31.6 Å². The molecule has 0 radical (unpaired) electrons. The van der Waals surface area contributed by atoms with E-state index in [4.69, 9.17) is 10.5 Å². The Bertz CT molecular complexity index is 732. The Morgan fingerprint density at radius 3 is 2.60 bits per heavy atom. The van der Waals surface area contributed by atoms with Crippen LogP contribution in [0.3, 0.4) is 0 Å². The van der Waals surface area contributed by atoms with Gasteiger partial charge in [0.1, 0.15) is 16.4 Å². The molecule has 2 aromatic carbocycles. The lowest BCUT2D eigenvalue weighted by atomic mass is 10.3. The maximum absolute atomic E-state index is 12.0. The molecule has 0 saturated carbocycles. The van der Waals surface area contributed by atoms with E-state index in [1.165, 1.54) is 19.2 Å². The van der Waals surface area contributed by atoms with Crippen LogP contribution in [-0.4, -0.2) is 15.5 Å². The van der Waals surface area contributed by atoms with Crippen LogP contribution in [0, 0.1) is 0 Å². The highest BCUT2D eigenvalue weighted by Crippen LogP contribution is 2.31. The van der Waals surface area contributed by atoms with Crippen LogP contribution in [0.2, 0.25) is 0 Å². The van der Waals surface area contributed by atoms with Gasteiger partial charge in [0.15, 0.2) is 0 Å². The van der Waals surface area contributed by atoms with Crippen LogP contribution in [0.4, 0.5) is 5.69 Å². The minimum atomic E-state index is -3.65. The van der Waals surface area contributed by atoms with E-state index < -0.39 is 10.0 Å². The molecule has 0 aromatic heterocycles. The van der Waals surface area contributed by atoms with Gasteiger partial charge in [-0.2, -0.15) is 0 Å². The van der Waals surface area contributed by atoms with Gasteiger partial charge in [0.2, 0.25) is 10.0 Å². The highest BCUT2D eigenvalue weighted by Gasteiger charge is 2.18. The second-order valence-electron chi connectivity index (χ2n) is 3.97. The molecule has 0 atom stereocenters. The highest BCUT2D eigenvalue weighted by molar-refractivity contribution is 9.10. The van der Waals surface area contributed by atoms with Gasteiger partial charge in [0, 0.05) is 10.2 Å². The normalized spacial score (nSPS) is 11.3. The van der Waals surface area contributed by atoms with E-state index >= 15 is 0 Å². The van der Waals surface area contributed by atoms with E-state index in [-0.39, 0.29) is 10.6 Å². The quantitative estimate of drug-likeness (QED) is 0.825. The average molecular weight is 357 g/mol. The van der Waals surface area contributed by atoms with E-state index in [0.717, 1.165) is 4.47 Å². The Labute approximate surface area is 125 Å². The lowest BCUT2D eigenvalue weighted by Gasteiger charge is -2.12. The molecule has 20 heavy (non-hydrogen) atoms. The fraction of sp³-hybridized carbons (Fsp3) is 0.0769. The number of rotatable bonds is 4. The van der Waals surface area contributed by atoms with Crippen LogP contribution in [0.1, 0.15) is 0 Å². The second kappa shape index (κ2) is 5.82. The van der Waals surface area contributed by atoms with E-state index in [0.29, 0.717) is 11.4 Å². The predicted octanol–water partition coefficient (Wildman–Crippen LogP) is 2.73. The Morgan fingerprint density at radius 1 is 1.20 bits per heavy atom. The topological polar surface area (TPSA) is 81.4 Å². The molecule has 0 aliphatic heterocycles. The number of anilines is 1. The molecule has 0 bridgehead atoms. The summed E-state index contributed by atoms with van der Waals surface area (Å²) in [6, 6.07) is 11.6. The molecule has 3 N–H and O–H groups in total. The number of nitrogens with two attached hydrogens (primary N) is 1. The number of halogens is 1. The maximum atomic E-state index is 12.0. The third-order valence-electron chi connectivity index (χ3n) is 2.55. The Kier molecular flexibility index (Phi) is 4.32. The number of nitrogen functional groups attached to an aromatic ring is 1. The highest BCUT2D eigenvalue weighted by atomic mass is 79.9. The smallest absolute Gasteiger partial charge is 0.244 e. The standard InChI is InChI=1S/C13H13BrN2O3S/c1-16-20(17,18)13-8-10(15)5-6-12(13)19-11-4-2-3-9(14)7-11/h2-8,16H,15H2,1H3. The molecule has 2 rings (SSSR count). The van der Waals surface area contributed by atoms with Crippen molar-refractivity contribution in [2.24, 2.45) is 0 Å². The van der Waals surface area contributed by atoms with Gasteiger partial charge < -0.3 is 10.5 Å². The van der Waals surface area contributed by atoms with Crippen molar-refractivity contribution in [1.29, 1.82) is 0 Å². The molecule has 5 nitrogen and oxygen atoms in total. The van der Waals surface area contributed by atoms with Crippen LogP contribution >= 0.6 is 15.9 Å². The van der Waals surface area contributed by atoms with Crippen LogP contribution in [0.15, 0.2) is 51.8 Å². The molecule has 0 saturated heterocycles. The van der Waals surface area contributed by atoms with Gasteiger partial charge in [-0.25, -0.2) is 13.1 Å². The largest absolute Gasteiger partial charge is 0.456 e. The third kappa shape index (κ3) is 3.30. The van der Waals surface area contributed by atoms with Crippen molar-refractivity contribution in [3.8, 4) is 11.5 Å². The first-order valence-corrected chi connectivity index (χ1v) is 7.96. The first kappa shape index (κ1) is 14.8. The van der Waals surface area contributed by atoms with Gasteiger partial charge in [0.25, 0.3) is 0 Å². The van der Waals surface area contributed by atoms with Crippen LogP contribution in [0.25, 0.3) is 0 Å². The van der Waals surface area contributed by atoms with Gasteiger partial charge in [-0.15, -0.1) is 0 Å². The summed E-state index contributed by atoms with van der Waals surface area (Å²) in [5, 5.41) is 0. The molecule has 0 fully saturated rings. The van der Waals surface area contributed by atoms with E-state index in [1.54, 1.807) is 24.3 Å². The summed E-state index contributed by atoms with van der Waals surface area (Å²) in [6.07, 6.45) is 0. The average Bonchev–Trinajstić information content (AvgIpc) is 2.41. The lowest BCUT2D eigenvalue weighted by Crippen LogP contribution is -2.19. The number of hydrogen-bond acceptors (Lipinski definition) is 4. The summed E-state index contributed by atoms with van der Waals surface area (Å²) in [6.45, 7) is 0. The van der Waals surface area contributed by atoms with Gasteiger partial charge in [-0.1, -0.05) is 22.0 Å². The van der Waals surface area contributed by atoms with Crippen molar-refractivity contribution in [3.63, 3.8) is 0 Å². The zero-order valence-electron chi connectivity index (χ0n) is 10.6. The first-order chi connectivity index (χ1) is 9.42. The lowest BCUT2D eigenvalue weighted by molar-refractivity contribution is 0.467. The van der Waals surface area contributed by atoms with Gasteiger partial charge in [-0.05, 0) is 43.4 Å². The number of ether oxygens (including phenoxy) is 1. The predicted molar refractivity (Wildman–Crippen MR) is 81.3 cm³/mol. The molecule has 0 heterocycles. The summed E-state index contributed by atoms with van der Waals surface area (Å²) in [5.74, 6) is 0.739. The Balaban J connectivity index is 2.47. The molecular formula is C13H13BrN2O3S. The van der Waals surface area contributed by atoms with Crippen molar-refractivity contribution < 1.29 is 13.2 Å². The molecule has 2 aromatic rings. The number of sulfonamides is 1. The van der Waals surface area contributed by atoms with Gasteiger partial charge >= 0.3 is 0 Å². The Hall–Kier alpha value is -1.57. The van der Waals surface area contributed by atoms with E-state index in [9.17, 15) is 8.42 Å². The van der Waals surface area contributed by atoms with Crippen molar-refractivity contribution in [2.75, 3.05) is 12.8 Å². The third-order valence-corrected chi connectivity index (χ3v) is 4.48. The minimum absolute atomic E-state index is 0.0000227. The van der Waals surface area contributed by atoms with Gasteiger partial charge in [0.05, 0.1) is 0 Å². The van der Waals surface area contributed by atoms with Crippen LogP contribution in [0.5, 0.6) is 11.5 Å². The molecular weight excluding hydrogens is 344 g/mol. The molecule has 0 unspecified atom stereocenters. The van der Waals surface area contributed by atoms with Crippen molar-refractivity contribution in [1.82, 2.24) is 4.72 Å². The second-order valence-corrected chi connectivity index (χ2v) is 6.74. The molecule has 0 aliphatic rings. The minimum Gasteiger partial charge on any atom is -0.456 e. The zero-order valence-corrected chi connectivity index (χ0v) is 13.0. The number of nitrogens with one attached hydrogen (secondary N) is 1. The van der Waals surface area contributed by atoms with E-state index in [1.807, 2.05) is 6.07 Å². The molecule has 0 amide bonds. The summed E-state index contributed by atoms with van der Waals surface area (Å²) in [4.78, 5) is -0.0000227. The monoisotopic (exact) mass is 356 g/mol. The van der Waals surface area contributed by atoms with Crippen LogP contribution < -0.4 is 15.2 Å². The maximum Gasteiger partial charge on any atom is 0.244 e. The summed E-state index contributed by atoms with van der Waals surface area (Å²) in [7, 11) is -2.31. The van der Waals surface area contributed by atoms with E-state index in [2.05, 4.69) is 20.7 Å². The van der Waals surface area contributed by atoms with Crippen LogP contribution in [-0.2, 0) is 10.0 Å². The summed E-state index contributed by atoms with van der Waals surface area (Å²) in [5.41, 5.74) is 5.99. The summed E-state index contributed by atoms with van der Waals surface area (Å²) >= 11 is 3.33. The Morgan fingerprint density at radius 2 is 1.95 bits per heavy atom. The molecule has 106 valence electrons. The summed E-state index contributed by atoms with van der Waals surface area (Å²) < 4.78 is 32.7. The van der Waals surface area contributed by atoms with Crippen molar-refractivity contribution in [3.05, 3.63) is 46.9 Å². The molecule has 7 heteroatoms. The van der Waals surface area contributed by atoms with Crippen molar-refractivity contribution in [2.45, 2.75) is 4.90 Å². The number of benzene rings is 2. The molecule has 0 aliphatic carbocycles.